The summed E-state index contributed by atoms with van der Waals surface area (Å²) in [6.45, 7) is 11.6. The fourth-order valence-electron chi connectivity index (χ4n) is 2.90. The van der Waals surface area contributed by atoms with Gasteiger partial charge in [-0.2, -0.15) is 5.26 Å². The molecule has 1 saturated heterocycles. The van der Waals surface area contributed by atoms with E-state index in [2.05, 4.69) is 37.1 Å². The minimum absolute atomic E-state index is 0.355. The van der Waals surface area contributed by atoms with Crippen LogP contribution in [0, 0.1) is 17.2 Å². The SMILES string of the molecule is CCCC1CCN(CC(C)(C#N)NC(C)C)C1. The van der Waals surface area contributed by atoms with Crippen LogP contribution in [0.2, 0.25) is 0 Å². The molecule has 0 aromatic carbocycles. The van der Waals surface area contributed by atoms with Gasteiger partial charge in [0.1, 0.15) is 5.54 Å². The van der Waals surface area contributed by atoms with Crippen molar-refractivity contribution in [3.05, 3.63) is 0 Å². The number of likely N-dealkylation sites (tertiary alicyclic amines) is 1. The highest BCUT2D eigenvalue weighted by atomic mass is 15.2. The number of rotatable bonds is 6. The van der Waals surface area contributed by atoms with Gasteiger partial charge < -0.3 is 4.90 Å². The average Bonchev–Trinajstić information content (AvgIpc) is 2.65. The first kappa shape index (κ1) is 14.5. The Morgan fingerprint density at radius 1 is 1.53 bits per heavy atom. The van der Waals surface area contributed by atoms with Crippen LogP contribution < -0.4 is 5.32 Å². The maximum atomic E-state index is 9.32. The van der Waals surface area contributed by atoms with Gasteiger partial charge in [-0.3, -0.25) is 5.32 Å². The third kappa shape index (κ3) is 4.65. The lowest BCUT2D eigenvalue weighted by Crippen LogP contribution is -2.52. The molecule has 0 saturated carbocycles. The van der Waals surface area contributed by atoms with E-state index in [1.54, 1.807) is 0 Å². The molecule has 1 N–H and O–H groups in total. The summed E-state index contributed by atoms with van der Waals surface area (Å²) in [6, 6.07) is 2.79. The van der Waals surface area contributed by atoms with Gasteiger partial charge in [-0.1, -0.05) is 13.3 Å². The third-order valence-corrected chi connectivity index (χ3v) is 3.46. The van der Waals surface area contributed by atoms with Gasteiger partial charge in [0.2, 0.25) is 0 Å². The highest BCUT2D eigenvalue weighted by Crippen LogP contribution is 2.22. The Labute approximate surface area is 106 Å². The van der Waals surface area contributed by atoms with Crippen LogP contribution in [0.5, 0.6) is 0 Å². The van der Waals surface area contributed by atoms with E-state index in [4.69, 9.17) is 0 Å². The van der Waals surface area contributed by atoms with E-state index in [-0.39, 0.29) is 0 Å². The molecule has 17 heavy (non-hydrogen) atoms. The van der Waals surface area contributed by atoms with Crippen molar-refractivity contribution >= 4 is 0 Å². The van der Waals surface area contributed by atoms with Crippen molar-refractivity contribution in [2.45, 2.75) is 58.5 Å². The van der Waals surface area contributed by atoms with Crippen LogP contribution in [-0.4, -0.2) is 36.1 Å². The minimum Gasteiger partial charge on any atom is -0.300 e. The molecule has 1 heterocycles. The standard InChI is InChI=1S/C14H27N3/c1-5-6-13-7-8-17(9-13)11-14(4,10-15)16-12(2)3/h12-13,16H,5-9,11H2,1-4H3. The number of hydrogen-bond donors (Lipinski definition) is 1. The van der Waals surface area contributed by atoms with Crippen molar-refractivity contribution in [3.8, 4) is 6.07 Å². The molecule has 1 aliphatic heterocycles. The van der Waals surface area contributed by atoms with Crippen LogP contribution >= 0.6 is 0 Å². The molecule has 2 atom stereocenters. The van der Waals surface area contributed by atoms with Crippen LogP contribution in [0.15, 0.2) is 0 Å². The van der Waals surface area contributed by atoms with E-state index in [0.717, 1.165) is 19.0 Å². The molecule has 0 radical (unpaired) electrons. The smallest absolute Gasteiger partial charge is 0.116 e. The highest BCUT2D eigenvalue weighted by Gasteiger charge is 2.31. The summed E-state index contributed by atoms with van der Waals surface area (Å²) in [5, 5.41) is 12.7. The van der Waals surface area contributed by atoms with Gasteiger partial charge in [-0.05, 0) is 46.1 Å². The Morgan fingerprint density at radius 2 is 2.24 bits per heavy atom. The van der Waals surface area contributed by atoms with Crippen molar-refractivity contribution in [3.63, 3.8) is 0 Å². The normalized spacial score (nSPS) is 24.8. The van der Waals surface area contributed by atoms with Crippen molar-refractivity contribution in [2.24, 2.45) is 5.92 Å². The van der Waals surface area contributed by atoms with E-state index in [1.807, 2.05) is 6.92 Å². The average molecular weight is 237 g/mol. The minimum atomic E-state index is -0.407. The molecule has 1 fully saturated rings. The maximum Gasteiger partial charge on any atom is 0.116 e. The van der Waals surface area contributed by atoms with Crippen molar-refractivity contribution in [1.82, 2.24) is 10.2 Å². The Kier molecular flexibility index (Phi) is 5.42. The molecule has 0 spiro atoms. The topological polar surface area (TPSA) is 39.1 Å². The maximum absolute atomic E-state index is 9.32. The van der Waals surface area contributed by atoms with Gasteiger partial charge >= 0.3 is 0 Å². The summed E-state index contributed by atoms with van der Waals surface area (Å²) < 4.78 is 0. The fraction of sp³-hybridized carbons (Fsp3) is 0.929. The van der Waals surface area contributed by atoms with E-state index in [0.29, 0.717) is 6.04 Å². The van der Waals surface area contributed by atoms with Gasteiger partial charge in [-0.15, -0.1) is 0 Å². The van der Waals surface area contributed by atoms with E-state index in [9.17, 15) is 5.26 Å². The summed E-state index contributed by atoms with van der Waals surface area (Å²) in [7, 11) is 0. The van der Waals surface area contributed by atoms with E-state index < -0.39 is 5.54 Å². The second-order valence-electron chi connectivity index (χ2n) is 5.92. The quantitative estimate of drug-likeness (QED) is 0.771. The Hall–Kier alpha value is -0.590. The monoisotopic (exact) mass is 237 g/mol. The van der Waals surface area contributed by atoms with Crippen LogP contribution in [0.4, 0.5) is 0 Å². The first-order chi connectivity index (χ1) is 7.99. The zero-order chi connectivity index (χ0) is 12.9. The molecule has 3 nitrogen and oxygen atoms in total. The third-order valence-electron chi connectivity index (χ3n) is 3.46. The summed E-state index contributed by atoms with van der Waals surface area (Å²) in [6.07, 6.45) is 3.91. The first-order valence-electron chi connectivity index (χ1n) is 6.90. The zero-order valence-corrected chi connectivity index (χ0v) is 11.8. The molecule has 0 aromatic rings. The Bertz CT molecular complexity index is 269. The zero-order valence-electron chi connectivity index (χ0n) is 11.8. The number of nitrogens with zero attached hydrogens (tertiary/aromatic N) is 2. The van der Waals surface area contributed by atoms with E-state index in [1.165, 1.54) is 25.8 Å². The predicted octanol–water partition coefficient (Wildman–Crippen LogP) is 2.39. The molecular weight excluding hydrogens is 210 g/mol. The van der Waals surface area contributed by atoms with Gasteiger partial charge in [0.05, 0.1) is 6.07 Å². The number of nitrogens with one attached hydrogen (secondary N) is 1. The van der Waals surface area contributed by atoms with Crippen LogP contribution in [-0.2, 0) is 0 Å². The van der Waals surface area contributed by atoms with Crippen LogP contribution in [0.1, 0.15) is 47.0 Å². The highest BCUT2D eigenvalue weighted by molar-refractivity contribution is 5.07. The van der Waals surface area contributed by atoms with E-state index >= 15 is 0 Å². The molecule has 0 aromatic heterocycles. The van der Waals surface area contributed by atoms with Gasteiger partial charge in [-0.25, -0.2) is 0 Å². The summed E-state index contributed by atoms with van der Waals surface area (Å²) in [4.78, 5) is 2.44. The summed E-state index contributed by atoms with van der Waals surface area (Å²) in [5.74, 6) is 0.849. The summed E-state index contributed by atoms with van der Waals surface area (Å²) >= 11 is 0. The number of hydrogen-bond acceptors (Lipinski definition) is 3. The molecule has 2 unspecified atom stereocenters. The Balaban J connectivity index is 2.45. The van der Waals surface area contributed by atoms with Crippen molar-refractivity contribution in [1.29, 1.82) is 5.26 Å². The van der Waals surface area contributed by atoms with Crippen molar-refractivity contribution in [2.75, 3.05) is 19.6 Å². The first-order valence-corrected chi connectivity index (χ1v) is 6.90. The lowest BCUT2D eigenvalue weighted by Gasteiger charge is -2.30. The summed E-state index contributed by atoms with van der Waals surface area (Å²) in [5.41, 5.74) is -0.407. The molecule has 0 aliphatic carbocycles. The molecule has 0 bridgehead atoms. The van der Waals surface area contributed by atoms with Gasteiger partial charge in [0.15, 0.2) is 0 Å². The molecule has 98 valence electrons. The molecule has 0 amide bonds. The molecule has 3 heteroatoms. The molecule has 1 rings (SSSR count). The van der Waals surface area contributed by atoms with Crippen LogP contribution in [0.25, 0.3) is 0 Å². The Morgan fingerprint density at radius 3 is 2.76 bits per heavy atom. The molecular formula is C14H27N3. The van der Waals surface area contributed by atoms with Gasteiger partial charge in [0, 0.05) is 19.1 Å². The lowest BCUT2D eigenvalue weighted by molar-refractivity contribution is 0.243. The van der Waals surface area contributed by atoms with Crippen molar-refractivity contribution < 1.29 is 0 Å². The number of nitriles is 1. The van der Waals surface area contributed by atoms with Crippen LogP contribution in [0.3, 0.4) is 0 Å². The second kappa shape index (κ2) is 6.37. The lowest BCUT2D eigenvalue weighted by atomic mass is 10.0. The molecule has 1 aliphatic rings. The second-order valence-corrected chi connectivity index (χ2v) is 5.92. The fourth-order valence-corrected chi connectivity index (χ4v) is 2.90. The van der Waals surface area contributed by atoms with Gasteiger partial charge in [0.25, 0.3) is 0 Å². The predicted molar refractivity (Wildman–Crippen MR) is 71.7 cm³/mol. The largest absolute Gasteiger partial charge is 0.300 e.